The minimum Gasteiger partial charge on any atom is -0.478 e. The molecule has 5 heteroatoms. The standard InChI is InChI=1S/C16H22O5/c1-10(2)13(17)16(3,4)9-21-15(20)12-8-6-5-7-11(12)14(18)19/h5-8,10,13,17H,9H2,1-4H3,(H,18,19). The highest BCUT2D eigenvalue weighted by Gasteiger charge is 2.32. The monoisotopic (exact) mass is 294 g/mol. The van der Waals surface area contributed by atoms with E-state index in [1.54, 1.807) is 26.0 Å². The highest BCUT2D eigenvalue weighted by Crippen LogP contribution is 2.27. The van der Waals surface area contributed by atoms with E-state index in [2.05, 4.69) is 0 Å². The maximum atomic E-state index is 12.0. The first-order chi connectivity index (χ1) is 9.66. The van der Waals surface area contributed by atoms with Crippen molar-refractivity contribution < 1.29 is 24.5 Å². The Morgan fingerprint density at radius 3 is 2.19 bits per heavy atom. The highest BCUT2D eigenvalue weighted by molar-refractivity contribution is 6.02. The van der Waals surface area contributed by atoms with Crippen molar-refractivity contribution in [2.75, 3.05) is 6.61 Å². The van der Waals surface area contributed by atoms with Gasteiger partial charge in [-0.2, -0.15) is 0 Å². The van der Waals surface area contributed by atoms with Crippen molar-refractivity contribution in [1.29, 1.82) is 0 Å². The molecule has 0 bridgehead atoms. The number of benzene rings is 1. The highest BCUT2D eigenvalue weighted by atomic mass is 16.5. The number of carboxylic acids is 1. The van der Waals surface area contributed by atoms with Gasteiger partial charge in [0.15, 0.2) is 0 Å². The summed E-state index contributed by atoms with van der Waals surface area (Å²) in [7, 11) is 0. The van der Waals surface area contributed by atoms with Crippen LogP contribution in [0.1, 0.15) is 48.4 Å². The molecule has 1 aromatic carbocycles. The second-order valence-corrected chi connectivity index (χ2v) is 6.10. The second-order valence-electron chi connectivity index (χ2n) is 6.10. The average molecular weight is 294 g/mol. The Kier molecular flexibility index (Phi) is 5.49. The van der Waals surface area contributed by atoms with Crippen LogP contribution in [-0.2, 0) is 4.74 Å². The molecule has 0 spiro atoms. The first-order valence-corrected chi connectivity index (χ1v) is 6.84. The predicted molar refractivity (Wildman–Crippen MR) is 78.3 cm³/mol. The van der Waals surface area contributed by atoms with E-state index in [4.69, 9.17) is 9.84 Å². The number of carbonyl (C=O) groups is 2. The van der Waals surface area contributed by atoms with Crippen LogP contribution in [0.2, 0.25) is 0 Å². The van der Waals surface area contributed by atoms with Crippen LogP contribution < -0.4 is 0 Å². The van der Waals surface area contributed by atoms with Crippen LogP contribution in [0, 0.1) is 11.3 Å². The van der Waals surface area contributed by atoms with Crippen molar-refractivity contribution in [3.05, 3.63) is 35.4 Å². The second kappa shape index (κ2) is 6.72. The molecule has 0 saturated carbocycles. The number of esters is 1. The van der Waals surface area contributed by atoms with Crippen LogP contribution >= 0.6 is 0 Å². The van der Waals surface area contributed by atoms with Crippen molar-refractivity contribution in [2.24, 2.45) is 11.3 Å². The van der Waals surface area contributed by atoms with Gasteiger partial charge in [0.2, 0.25) is 0 Å². The van der Waals surface area contributed by atoms with Crippen molar-refractivity contribution in [3.63, 3.8) is 0 Å². The fourth-order valence-electron chi connectivity index (χ4n) is 2.16. The summed E-state index contributed by atoms with van der Waals surface area (Å²) >= 11 is 0. The molecule has 0 aliphatic rings. The van der Waals surface area contributed by atoms with Gasteiger partial charge in [-0.05, 0) is 18.1 Å². The lowest BCUT2D eigenvalue weighted by molar-refractivity contribution is -0.0329. The average Bonchev–Trinajstić information content (AvgIpc) is 2.43. The van der Waals surface area contributed by atoms with E-state index >= 15 is 0 Å². The molecule has 0 aliphatic carbocycles. The normalized spacial score (nSPS) is 13.0. The Morgan fingerprint density at radius 2 is 1.71 bits per heavy atom. The molecular weight excluding hydrogens is 272 g/mol. The molecule has 1 aromatic rings. The number of hydrogen-bond donors (Lipinski definition) is 2. The third kappa shape index (κ3) is 4.29. The van der Waals surface area contributed by atoms with Gasteiger partial charge >= 0.3 is 11.9 Å². The van der Waals surface area contributed by atoms with Gasteiger partial charge in [0.1, 0.15) is 0 Å². The number of hydrogen-bond acceptors (Lipinski definition) is 4. The van der Waals surface area contributed by atoms with Gasteiger partial charge in [-0.3, -0.25) is 0 Å². The lowest BCUT2D eigenvalue weighted by Crippen LogP contribution is -2.38. The first-order valence-electron chi connectivity index (χ1n) is 6.84. The van der Waals surface area contributed by atoms with Gasteiger partial charge in [0.25, 0.3) is 0 Å². The summed E-state index contributed by atoms with van der Waals surface area (Å²) in [4.78, 5) is 23.1. The van der Waals surface area contributed by atoms with Crippen molar-refractivity contribution >= 4 is 11.9 Å². The summed E-state index contributed by atoms with van der Waals surface area (Å²) in [5.74, 6) is -1.84. The van der Waals surface area contributed by atoms with Crippen LogP contribution in [0.25, 0.3) is 0 Å². The molecule has 1 rings (SSSR count). The molecular formula is C16H22O5. The smallest absolute Gasteiger partial charge is 0.339 e. The molecule has 0 aliphatic heterocycles. The fourth-order valence-corrected chi connectivity index (χ4v) is 2.16. The van der Waals surface area contributed by atoms with Crippen molar-refractivity contribution in [1.82, 2.24) is 0 Å². The molecule has 116 valence electrons. The summed E-state index contributed by atoms with van der Waals surface area (Å²) < 4.78 is 5.19. The van der Waals surface area contributed by atoms with Crippen LogP contribution in [-0.4, -0.2) is 34.9 Å². The minimum atomic E-state index is -1.18. The Balaban J connectivity index is 2.82. The number of rotatable bonds is 6. The lowest BCUT2D eigenvalue weighted by atomic mass is 9.81. The third-order valence-corrected chi connectivity index (χ3v) is 3.38. The van der Waals surface area contributed by atoms with Gasteiger partial charge in [-0.1, -0.05) is 39.8 Å². The zero-order chi connectivity index (χ0) is 16.2. The first kappa shape index (κ1) is 17.2. The lowest BCUT2D eigenvalue weighted by Gasteiger charge is -2.32. The van der Waals surface area contributed by atoms with Crippen LogP contribution in [0.15, 0.2) is 24.3 Å². The molecule has 2 N–H and O–H groups in total. The molecule has 21 heavy (non-hydrogen) atoms. The summed E-state index contributed by atoms with van der Waals surface area (Å²) in [6.45, 7) is 7.38. The molecule has 0 saturated heterocycles. The van der Waals surface area contributed by atoms with Gasteiger partial charge in [0.05, 0.1) is 23.8 Å². The number of carbonyl (C=O) groups excluding carboxylic acids is 1. The number of aromatic carboxylic acids is 1. The maximum absolute atomic E-state index is 12.0. The van der Waals surface area contributed by atoms with E-state index in [0.29, 0.717) is 0 Å². The SMILES string of the molecule is CC(C)C(O)C(C)(C)COC(=O)c1ccccc1C(=O)O. The van der Waals surface area contributed by atoms with E-state index in [1.165, 1.54) is 12.1 Å². The van der Waals surface area contributed by atoms with Gasteiger partial charge in [0, 0.05) is 5.41 Å². The zero-order valence-corrected chi connectivity index (χ0v) is 12.8. The Morgan fingerprint density at radius 1 is 1.19 bits per heavy atom. The van der Waals surface area contributed by atoms with Crippen molar-refractivity contribution in [3.8, 4) is 0 Å². The predicted octanol–water partition coefficient (Wildman–Crippen LogP) is 2.58. The summed E-state index contributed by atoms with van der Waals surface area (Å²) in [5, 5.41) is 19.2. The van der Waals surface area contributed by atoms with Gasteiger partial charge in [-0.25, -0.2) is 9.59 Å². The van der Waals surface area contributed by atoms with E-state index in [-0.39, 0.29) is 23.7 Å². The number of ether oxygens (including phenoxy) is 1. The van der Waals surface area contributed by atoms with Crippen LogP contribution in [0.4, 0.5) is 0 Å². The molecule has 5 nitrogen and oxygen atoms in total. The van der Waals surface area contributed by atoms with E-state index in [1.807, 2.05) is 13.8 Å². The van der Waals surface area contributed by atoms with Crippen LogP contribution in [0.3, 0.4) is 0 Å². The number of aliphatic hydroxyl groups excluding tert-OH is 1. The molecule has 0 radical (unpaired) electrons. The molecule has 1 unspecified atom stereocenters. The Labute approximate surface area is 124 Å². The summed E-state index contributed by atoms with van der Waals surface area (Å²) in [5.41, 5.74) is -0.688. The Hall–Kier alpha value is -1.88. The Bertz CT molecular complexity index is 519. The minimum absolute atomic E-state index is 0.0130. The van der Waals surface area contributed by atoms with Gasteiger partial charge < -0.3 is 14.9 Å². The molecule has 1 atom stereocenters. The van der Waals surface area contributed by atoms with Crippen LogP contribution in [0.5, 0.6) is 0 Å². The number of carboxylic acid groups (broad SMARTS) is 1. The fraction of sp³-hybridized carbons (Fsp3) is 0.500. The largest absolute Gasteiger partial charge is 0.478 e. The quantitative estimate of drug-likeness (QED) is 0.788. The van der Waals surface area contributed by atoms with Gasteiger partial charge in [-0.15, -0.1) is 0 Å². The molecule has 0 fully saturated rings. The summed E-state index contributed by atoms with van der Waals surface area (Å²) in [6, 6.07) is 5.90. The molecule has 0 amide bonds. The maximum Gasteiger partial charge on any atom is 0.339 e. The number of aliphatic hydroxyl groups is 1. The zero-order valence-electron chi connectivity index (χ0n) is 12.8. The van der Waals surface area contributed by atoms with E-state index < -0.39 is 23.5 Å². The molecule has 0 aromatic heterocycles. The van der Waals surface area contributed by atoms with Crippen molar-refractivity contribution in [2.45, 2.75) is 33.8 Å². The molecule has 0 heterocycles. The third-order valence-electron chi connectivity index (χ3n) is 3.38. The summed E-state index contributed by atoms with van der Waals surface area (Å²) in [6.07, 6.45) is -0.625. The van der Waals surface area contributed by atoms with E-state index in [9.17, 15) is 14.7 Å². The van der Waals surface area contributed by atoms with E-state index in [0.717, 1.165) is 0 Å². The topological polar surface area (TPSA) is 83.8 Å².